The van der Waals surface area contributed by atoms with Crippen LogP contribution >= 0.6 is 11.6 Å². The van der Waals surface area contributed by atoms with Crippen LogP contribution in [0.3, 0.4) is 0 Å². The summed E-state index contributed by atoms with van der Waals surface area (Å²) in [5.41, 5.74) is 1.12. The Hall–Kier alpha value is -3.06. The topological polar surface area (TPSA) is 87.7 Å². The molecule has 2 aromatic rings. The number of nitrogens with zero attached hydrogens (tertiary/aromatic N) is 1. The van der Waals surface area contributed by atoms with Gasteiger partial charge in [-0.15, -0.1) is 0 Å². The van der Waals surface area contributed by atoms with Crippen molar-refractivity contribution >= 4 is 35.1 Å². The summed E-state index contributed by atoms with van der Waals surface area (Å²) in [6, 6.07) is 11.8. The van der Waals surface area contributed by atoms with Gasteiger partial charge in [0.25, 0.3) is 5.91 Å². The molecule has 1 spiro atoms. The molecule has 7 nitrogen and oxygen atoms in total. The maximum absolute atomic E-state index is 13.1. The predicted octanol–water partition coefficient (Wildman–Crippen LogP) is 2.68. The van der Waals surface area contributed by atoms with E-state index in [1.54, 1.807) is 18.2 Å². The molecule has 0 bridgehead atoms. The molecular formula is C20H18ClN3O4. The third kappa shape index (κ3) is 2.88. The average Bonchev–Trinajstić information content (AvgIpc) is 3.16. The Morgan fingerprint density at radius 2 is 2.07 bits per heavy atom. The number of rotatable bonds is 4. The minimum absolute atomic E-state index is 0.368. The minimum Gasteiger partial charge on any atom is -0.495 e. The van der Waals surface area contributed by atoms with E-state index in [0.717, 1.165) is 16.0 Å². The lowest BCUT2D eigenvalue weighted by Crippen LogP contribution is -2.43. The normalized spacial score (nSPS) is 20.3. The molecule has 1 heterocycles. The van der Waals surface area contributed by atoms with E-state index in [4.69, 9.17) is 16.3 Å². The Kier molecular flexibility index (Phi) is 4.47. The van der Waals surface area contributed by atoms with Crippen LogP contribution in [0.2, 0.25) is 5.02 Å². The van der Waals surface area contributed by atoms with E-state index >= 15 is 0 Å². The van der Waals surface area contributed by atoms with Gasteiger partial charge in [-0.05, 0) is 42.2 Å². The molecule has 1 fully saturated rings. The van der Waals surface area contributed by atoms with Crippen molar-refractivity contribution < 1.29 is 19.1 Å². The highest BCUT2D eigenvalue weighted by Gasteiger charge is 2.55. The van der Waals surface area contributed by atoms with Gasteiger partial charge in [0.1, 0.15) is 17.8 Å². The molecule has 1 atom stereocenters. The van der Waals surface area contributed by atoms with Gasteiger partial charge in [-0.3, -0.25) is 14.5 Å². The Bertz CT molecular complexity index is 993. The number of halogens is 1. The molecule has 1 saturated heterocycles. The molecular weight excluding hydrogens is 382 g/mol. The van der Waals surface area contributed by atoms with Gasteiger partial charge in [0.05, 0.1) is 12.8 Å². The first kappa shape index (κ1) is 18.3. The van der Waals surface area contributed by atoms with Gasteiger partial charge in [-0.2, -0.15) is 0 Å². The highest BCUT2D eigenvalue weighted by atomic mass is 35.5. The molecule has 8 heteroatoms. The van der Waals surface area contributed by atoms with Crippen molar-refractivity contribution in [1.82, 2.24) is 10.2 Å². The van der Waals surface area contributed by atoms with E-state index in [-0.39, 0.29) is 0 Å². The molecule has 4 rings (SSSR count). The van der Waals surface area contributed by atoms with Crippen LogP contribution < -0.4 is 15.4 Å². The predicted molar refractivity (Wildman–Crippen MR) is 103 cm³/mol. The van der Waals surface area contributed by atoms with Crippen LogP contribution in [-0.4, -0.2) is 36.4 Å². The van der Waals surface area contributed by atoms with Crippen LogP contribution in [0.1, 0.15) is 17.5 Å². The summed E-state index contributed by atoms with van der Waals surface area (Å²) in [5.74, 6) is -0.501. The number of carbonyl (C=O) groups excluding carboxylic acids is 3. The quantitative estimate of drug-likeness (QED) is 0.774. The number of amides is 4. The Morgan fingerprint density at radius 3 is 2.86 bits per heavy atom. The minimum atomic E-state index is -1.08. The first-order chi connectivity index (χ1) is 13.4. The van der Waals surface area contributed by atoms with Gasteiger partial charge in [0.15, 0.2) is 0 Å². The smallest absolute Gasteiger partial charge is 0.325 e. The molecule has 4 amide bonds. The number of carbonyl (C=O) groups is 3. The van der Waals surface area contributed by atoms with Gasteiger partial charge in [0.2, 0.25) is 5.91 Å². The number of methoxy groups -OCH3 is 1. The summed E-state index contributed by atoms with van der Waals surface area (Å²) in [7, 11) is 1.47. The van der Waals surface area contributed by atoms with Gasteiger partial charge >= 0.3 is 6.03 Å². The van der Waals surface area contributed by atoms with Gasteiger partial charge in [-0.1, -0.05) is 35.9 Å². The first-order valence-corrected chi connectivity index (χ1v) is 9.18. The lowest BCUT2D eigenvalue weighted by atomic mass is 9.92. The number of aryl methyl sites for hydroxylation is 1. The molecule has 2 N–H and O–H groups in total. The summed E-state index contributed by atoms with van der Waals surface area (Å²) in [4.78, 5) is 39.0. The van der Waals surface area contributed by atoms with Crippen LogP contribution in [0, 0.1) is 0 Å². The zero-order valence-electron chi connectivity index (χ0n) is 15.1. The molecule has 1 aliphatic heterocycles. The monoisotopic (exact) mass is 399 g/mol. The highest BCUT2D eigenvalue weighted by Crippen LogP contribution is 2.41. The maximum Gasteiger partial charge on any atom is 0.325 e. The SMILES string of the molecule is COc1ccc(Cl)cc1NC(=O)CN1C(=O)N[C@]2(CCc3ccccc32)C1=O. The van der Waals surface area contributed by atoms with E-state index in [9.17, 15) is 14.4 Å². The van der Waals surface area contributed by atoms with Gasteiger partial charge in [0, 0.05) is 5.02 Å². The van der Waals surface area contributed by atoms with Crippen LogP contribution in [0.15, 0.2) is 42.5 Å². The number of hydrogen-bond donors (Lipinski definition) is 2. The standard InChI is InChI=1S/C20H18ClN3O4/c1-28-16-7-6-13(21)10-15(16)22-17(25)11-24-18(26)20(23-19(24)27)9-8-12-4-2-3-5-14(12)20/h2-7,10H,8-9,11H2,1H3,(H,22,25)(H,23,27)/t20-/m0/s1. The molecule has 28 heavy (non-hydrogen) atoms. The molecule has 0 aromatic heterocycles. The van der Waals surface area contributed by atoms with Crippen molar-refractivity contribution in [3.8, 4) is 5.75 Å². The zero-order valence-corrected chi connectivity index (χ0v) is 15.9. The van der Waals surface area contributed by atoms with Crippen molar-refractivity contribution in [3.63, 3.8) is 0 Å². The Balaban J connectivity index is 1.53. The number of ether oxygens (including phenoxy) is 1. The highest BCUT2D eigenvalue weighted by molar-refractivity contribution is 6.31. The second kappa shape index (κ2) is 6.83. The fourth-order valence-corrected chi connectivity index (χ4v) is 4.02. The number of anilines is 1. The van der Waals surface area contributed by atoms with Crippen LogP contribution in [0.5, 0.6) is 5.75 Å². The number of urea groups is 1. The van der Waals surface area contributed by atoms with E-state index < -0.39 is 29.9 Å². The lowest BCUT2D eigenvalue weighted by Gasteiger charge is -2.22. The number of nitrogens with one attached hydrogen (secondary N) is 2. The molecule has 2 aromatic carbocycles. The molecule has 0 unspecified atom stereocenters. The second-order valence-corrected chi connectivity index (χ2v) is 7.21. The number of fused-ring (bicyclic) bond motifs is 2. The molecule has 144 valence electrons. The van der Waals surface area contributed by atoms with Gasteiger partial charge < -0.3 is 15.4 Å². The van der Waals surface area contributed by atoms with E-state index in [2.05, 4.69) is 10.6 Å². The number of hydrogen-bond acceptors (Lipinski definition) is 4. The van der Waals surface area contributed by atoms with E-state index in [1.807, 2.05) is 24.3 Å². The van der Waals surface area contributed by atoms with Crippen LogP contribution in [-0.2, 0) is 21.5 Å². The fourth-order valence-electron chi connectivity index (χ4n) is 3.84. The van der Waals surface area contributed by atoms with E-state index in [1.165, 1.54) is 7.11 Å². The summed E-state index contributed by atoms with van der Waals surface area (Å²) in [5, 5.41) is 5.87. The molecule has 0 radical (unpaired) electrons. The summed E-state index contributed by atoms with van der Waals surface area (Å²) >= 11 is 5.97. The third-order valence-corrected chi connectivity index (χ3v) is 5.39. The molecule has 1 aliphatic carbocycles. The lowest BCUT2D eigenvalue weighted by molar-refractivity contribution is -0.134. The van der Waals surface area contributed by atoms with E-state index in [0.29, 0.717) is 29.3 Å². The Labute approximate surface area is 166 Å². The summed E-state index contributed by atoms with van der Waals surface area (Å²) in [6.45, 7) is -0.399. The Morgan fingerprint density at radius 1 is 1.29 bits per heavy atom. The van der Waals surface area contributed by atoms with Crippen LogP contribution in [0.25, 0.3) is 0 Å². The third-order valence-electron chi connectivity index (χ3n) is 5.16. The first-order valence-electron chi connectivity index (χ1n) is 8.80. The maximum atomic E-state index is 13.1. The summed E-state index contributed by atoms with van der Waals surface area (Å²) in [6.07, 6.45) is 1.18. The molecule has 0 saturated carbocycles. The van der Waals surface area contributed by atoms with Crippen molar-refractivity contribution in [2.45, 2.75) is 18.4 Å². The van der Waals surface area contributed by atoms with Crippen molar-refractivity contribution in [1.29, 1.82) is 0 Å². The average molecular weight is 400 g/mol. The fraction of sp³-hybridized carbons (Fsp3) is 0.250. The summed E-state index contributed by atoms with van der Waals surface area (Å²) < 4.78 is 5.20. The largest absolute Gasteiger partial charge is 0.495 e. The molecule has 2 aliphatic rings. The van der Waals surface area contributed by atoms with Crippen molar-refractivity contribution in [2.75, 3.05) is 19.0 Å². The van der Waals surface area contributed by atoms with Gasteiger partial charge in [-0.25, -0.2) is 4.79 Å². The van der Waals surface area contributed by atoms with Crippen molar-refractivity contribution in [3.05, 3.63) is 58.6 Å². The number of benzene rings is 2. The van der Waals surface area contributed by atoms with Crippen LogP contribution in [0.4, 0.5) is 10.5 Å². The van der Waals surface area contributed by atoms with Crippen molar-refractivity contribution in [2.24, 2.45) is 0 Å². The second-order valence-electron chi connectivity index (χ2n) is 6.78. The zero-order chi connectivity index (χ0) is 19.9. The number of imide groups is 1.